The lowest BCUT2D eigenvalue weighted by molar-refractivity contribution is 0.191. The van der Waals surface area contributed by atoms with E-state index in [2.05, 4.69) is 10.6 Å². The minimum absolute atomic E-state index is 0.223. The van der Waals surface area contributed by atoms with Crippen LogP contribution < -0.4 is 20.1 Å². The van der Waals surface area contributed by atoms with Crippen LogP contribution in [0.15, 0.2) is 10.8 Å². The molecule has 0 aliphatic rings. The van der Waals surface area contributed by atoms with E-state index in [0.717, 1.165) is 6.42 Å². The fourth-order valence-electron chi connectivity index (χ4n) is 0.936. The van der Waals surface area contributed by atoms with E-state index < -0.39 is 12.2 Å². The largest absolute Gasteiger partial charge is 0.412 e. The summed E-state index contributed by atoms with van der Waals surface area (Å²) >= 11 is 1.27. The molecule has 0 saturated heterocycles. The second kappa shape index (κ2) is 6.74. The molecule has 94 valence electrons. The summed E-state index contributed by atoms with van der Waals surface area (Å²) in [7, 11) is 1.45. The van der Waals surface area contributed by atoms with Gasteiger partial charge in [0.1, 0.15) is 0 Å². The number of rotatable bonds is 4. The van der Waals surface area contributed by atoms with Crippen molar-refractivity contribution in [2.24, 2.45) is 0 Å². The maximum Gasteiger partial charge on any atom is 0.412 e. The minimum Gasteiger partial charge on any atom is -0.405 e. The van der Waals surface area contributed by atoms with Gasteiger partial charge in [-0.2, -0.15) is 0 Å². The Kier molecular flexibility index (Phi) is 5.28. The Bertz CT molecular complexity index is 391. The van der Waals surface area contributed by atoms with Crippen molar-refractivity contribution in [3.05, 3.63) is 10.8 Å². The molecule has 17 heavy (non-hydrogen) atoms. The maximum atomic E-state index is 11.3. The summed E-state index contributed by atoms with van der Waals surface area (Å²) in [4.78, 5) is 22.3. The molecule has 0 aromatic carbocycles. The molecule has 2 amide bonds. The zero-order chi connectivity index (χ0) is 12.7. The number of hydrogen-bond donors (Lipinski definition) is 2. The van der Waals surface area contributed by atoms with E-state index in [-0.39, 0.29) is 11.5 Å². The number of carbonyl (C=O) groups excluding carboxylic acids is 2. The van der Waals surface area contributed by atoms with Gasteiger partial charge in [0.15, 0.2) is 11.5 Å². The summed E-state index contributed by atoms with van der Waals surface area (Å²) in [6.07, 6.45) is -0.352. The van der Waals surface area contributed by atoms with Gasteiger partial charge in [0.25, 0.3) is 0 Å². The van der Waals surface area contributed by atoms with Gasteiger partial charge in [-0.05, 0) is 6.42 Å². The van der Waals surface area contributed by atoms with E-state index >= 15 is 0 Å². The third-order valence-corrected chi connectivity index (χ3v) is 2.42. The van der Waals surface area contributed by atoms with Crippen LogP contribution >= 0.6 is 11.3 Å². The summed E-state index contributed by atoms with van der Waals surface area (Å²) in [5.41, 5.74) is 0. The van der Waals surface area contributed by atoms with Gasteiger partial charge in [0.2, 0.25) is 0 Å². The first-order valence-electron chi connectivity index (χ1n) is 5.08. The Labute approximate surface area is 103 Å². The monoisotopic (exact) mass is 258 g/mol. The normalized spacial score (nSPS) is 9.53. The molecule has 0 unspecified atom stereocenters. The Hall–Kier alpha value is -1.76. The van der Waals surface area contributed by atoms with E-state index in [1.165, 1.54) is 18.4 Å². The fourth-order valence-corrected chi connectivity index (χ4v) is 1.58. The van der Waals surface area contributed by atoms with Crippen LogP contribution in [0, 0.1) is 0 Å². The van der Waals surface area contributed by atoms with Gasteiger partial charge in [-0.3, -0.25) is 0 Å². The molecule has 0 spiro atoms. The molecule has 1 aromatic rings. The summed E-state index contributed by atoms with van der Waals surface area (Å²) in [6.45, 7) is 2.47. The predicted octanol–water partition coefficient (Wildman–Crippen LogP) is 1.96. The average molecular weight is 258 g/mol. The lowest BCUT2D eigenvalue weighted by Crippen LogP contribution is -2.27. The molecule has 0 radical (unpaired) electrons. The van der Waals surface area contributed by atoms with Crippen molar-refractivity contribution in [2.75, 3.05) is 13.6 Å². The lowest BCUT2D eigenvalue weighted by atomic mass is 10.5. The molecule has 0 saturated carbocycles. The fraction of sp³-hybridized carbons (Fsp3) is 0.400. The van der Waals surface area contributed by atoms with E-state index in [1.54, 1.807) is 10.8 Å². The molecule has 2 N–H and O–H groups in total. The summed E-state index contributed by atoms with van der Waals surface area (Å²) in [5, 5.41) is 8.03. The zero-order valence-electron chi connectivity index (χ0n) is 9.61. The second-order valence-corrected chi connectivity index (χ2v) is 3.80. The van der Waals surface area contributed by atoms with Gasteiger partial charge < -0.3 is 20.1 Å². The van der Waals surface area contributed by atoms with E-state index in [1.807, 2.05) is 6.92 Å². The van der Waals surface area contributed by atoms with E-state index in [4.69, 9.17) is 9.47 Å². The molecule has 6 nitrogen and oxygen atoms in total. The number of ether oxygens (including phenoxy) is 2. The molecule has 0 fully saturated rings. The molecule has 0 bridgehead atoms. The number of thiophene rings is 1. The molecule has 1 aromatic heterocycles. The quantitative estimate of drug-likeness (QED) is 0.865. The highest BCUT2D eigenvalue weighted by molar-refractivity contribution is 7.08. The lowest BCUT2D eigenvalue weighted by Gasteiger charge is -2.06. The van der Waals surface area contributed by atoms with Gasteiger partial charge in [-0.1, -0.05) is 6.92 Å². The first-order chi connectivity index (χ1) is 8.17. The van der Waals surface area contributed by atoms with Crippen LogP contribution in [0.25, 0.3) is 0 Å². The number of nitrogens with one attached hydrogen (secondary N) is 2. The van der Waals surface area contributed by atoms with Crippen LogP contribution in [0.4, 0.5) is 9.59 Å². The Balaban J connectivity index is 2.56. The molecular formula is C10H14N2O4S. The van der Waals surface area contributed by atoms with Crippen LogP contribution in [0.5, 0.6) is 11.5 Å². The minimum atomic E-state index is -0.609. The number of amides is 2. The molecule has 7 heteroatoms. The summed E-state index contributed by atoms with van der Waals surface area (Å²) < 4.78 is 9.88. The highest BCUT2D eigenvalue weighted by Crippen LogP contribution is 2.31. The molecule has 1 heterocycles. The number of carbonyl (C=O) groups is 2. The third kappa shape index (κ3) is 4.31. The average Bonchev–Trinajstić information content (AvgIpc) is 2.73. The predicted molar refractivity (Wildman–Crippen MR) is 63.7 cm³/mol. The van der Waals surface area contributed by atoms with Crippen molar-refractivity contribution in [3.8, 4) is 11.5 Å². The highest BCUT2D eigenvalue weighted by atomic mass is 32.1. The van der Waals surface area contributed by atoms with Gasteiger partial charge >= 0.3 is 12.2 Å². The molecular weight excluding hydrogens is 244 g/mol. The van der Waals surface area contributed by atoms with E-state index in [0.29, 0.717) is 6.54 Å². The van der Waals surface area contributed by atoms with Crippen molar-refractivity contribution in [3.63, 3.8) is 0 Å². The molecule has 0 atom stereocenters. The third-order valence-electron chi connectivity index (χ3n) is 1.72. The maximum absolute atomic E-state index is 11.3. The Morgan fingerprint density at radius 1 is 1.24 bits per heavy atom. The second-order valence-electron chi connectivity index (χ2n) is 3.06. The van der Waals surface area contributed by atoms with Crippen molar-refractivity contribution in [1.29, 1.82) is 0 Å². The van der Waals surface area contributed by atoms with Crippen molar-refractivity contribution in [1.82, 2.24) is 10.6 Å². The molecule has 1 rings (SSSR count). The number of hydrogen-bond acceptors (Lipinski definition) is 5. The van der Waals surface area contributed by atoms with E-state index in [9.17, 15) is 9.59 Å². The van der Waals surface area contributed by atoms with Gasteiger partial charge in [0, 0.05) is 24.4 Å². The molecule has 0 aliphatic heterocycles. The van der Waals surface area contributed by atoms with Gasteiger partial charge in [-0.25, -0.2) is 9.59 Å². The highest BCUT2D eigenvalue weighted by Gasteiger charge is 2.13. The van der Waals surface area contributed by atoms with Crippen LogP contribution in [-0.4, -0.2) is 25.8 Å². The Morgan fingerprint density at radius 2 is 1.82 bits per heavy atom. The van der Waals surface area contributed by atoms with Gasteiger partial charge in [0.05, 0.1) is 0 Å². The van der Waals surface area contributed by atoms with Crippen molar-refractivity contribution >= 4 is 23.5 Å². The SMILES string of the molecule is CCCNC(=O)Oc1cscc1OC(=O)NC. The zero-order valence-corrected chi connectivity index (χ0v) is 10.4. The summed E-state index contributed by atoms with van der Waals surface area (Å²) in [6, 6.07) is 0. The molecule has 0 aliphatic carbocycles. The van der Waals surface area contributed by atoms with Crippen LogP contribution in [0.1, 0.15) is 13.3 Å². The van der Waals surface area contributed by atoms with Crippen molar-refractivity contribution < 1.29 is 19.1 Å². The topological polar surface area (TPSA) is 76.7 Å². The Morgan fingerprint density at radius 3 is 2.35 bits per heavy atom. The van der Waals surface area contributed by atoms with Crippen molar-refractivity contribution in [2.45, 2.75) is 13.3 Å². The van der Waals surface area contributed by atoms with Crippen LogP contribution in [0.2, 0.25) is 0 Å². The smallest absolute Gasteiger partial charge is 0.405 e. The van der Waals surface area contributed by atoms with Crippen LogP contribution in [0.3, 0.4) is 0 Å². The van der Waals surface area contributed by atoms with Gasteiger partial charge in [-0.15, -0.1) is 11.3 Å². The first-order valence-corrected chi connectivity index (χ1v) is 6.03. The summed E-state index contributed by atoms with van der Waals surface area (Å²) in [5.74, 6) is 0.452. The van der Waals surface area contributed by atoms with Crippen LogP contribution in [-0.2, 0) is 0 Å². The standard InChI is InChI=1S/C10H14N2O4S/c1-3-4-12-10(14)16-8-6-17-5-7(8)15-9(13)11-2/h5-6H,3-4H2,1-2H3,(H,11,13)(H,12,14). The first kappa shape index (κ1) is 13.3.